The van der Waals surface area contributed by atoms with Gasteiger partial charge in [-0.15, -0.1) is 0 Å². The Balaban J connectivity index is 2.24. The first-order valence-corrected chi connectivity index (χ1v) is 4.32. The van der Waals surface area contributed by atoms with Crippen molar-refractivity contribution in [2.75, 3.05) is 6.54 Å². The average molecular weight is 163 g/mol. The van der Waals surface area contributed by atoms with Gasteiger partial charge in [0, 0.05) is 25.1 Å². The Hall–Kier alpha value is -1.18. The van der Waals surface area contributed by atoms with Crippen LogP contribution in [0.15, 0.2) is 35.6 Å². The molecule has 64 valence electrons. The van der Waals surface area contributed by atoms with Crippen molar-refractivity contribution >= 4 is 6.21 Å². The molecule has 1 aromatic rings. The summed E-state index contributed by atoms with van der Waals surface area (Å²) in [5.74, 6) is 0. The van der Waals surface area contributed by atoms with Crippen molar-refractivity contribution in [3.63, 3.8) is 0 Å². The van der Waals surface area contributed by atoms with Crippen LogP contribution in [0.5, 0.6) is 0 Å². The standard InChI is InChI=1S/C10H15N2/c1-2-11-7-6-10-12-8-4-3-5-9-12/h2-5,8-9H,6-7,10H2,1H3/q+1. The zero-order chi connectivity index (χ0) is 8.65. The fraction of sp³-hybridized carbons (Fsp3) is 0.400. The van der Waals surface area contributed by atoms with Gasteiger partial charge in [-0.1, -0.05) is 6.07 Å². The van der Waals surface area contributed by atoms with Crippen LogP contribution in [0.3, 0.4) is 0 Å². The molecule has 12 heavy (non-hydrogen) atoms. The lowest BCUT2D eigenvalue weighted by Gasteiger charge is -1.92. The van der Waals surface area contributed by atoms with E-state index in [1.54, 1.807) is 0 Å². The van der Waals surface area contributed by atoms with Gasteiger partial charge in [0.15, 0.2) is 12.4 Å². The SMILES string of the molecule is CC=NCCC[n+]1ccccc1. The lowest BCUT2D eigenvalue weighted by molar-refractivity contribution is -0.697. The highest BCUT2D eigenvalue weighted by Crippen LogP contribution is 1.82. The fourth-order valence-corrected chi connectivity index (χ4v) is 1.06. The first kappa shape index (κ1) is 8.91. The van der Waals surface area contributed by atoms with Gasteiger partial charge in [-0.05, 0) is 13.1 Å². The van der Waals surface area contributed by atoms with E-state index in [1.165, 1.54) is 0 Å². The molecule has 2 nitrogen and oxygen atoms in total. The predicted octanol–water partition coefficient (Wildman–Crippen LogP) is 1.45. The molecule has 0 aromatic carbocycles. The molecule has 0 radical (unpaired) electrons. The minimum Gasteiger partial charge on any atom is -0.298 e. The molecule has 0 amide bonds. The summed E-state index contributed by atoms with van der Waals surface area (Å²) in [6.45, 7) is 3.94. The molecule has 1 rings (SSSR count). The Morgan fingerprint density at radius 2 is 2.00 bits per heavy atom. The van der Waals surface area contributed by atoms with Crippen molar-refractivity contribution < 1.29 is 4.57 Å². The van der Waals surface area contributed by atoms with Crippen LogP contribution < -0.4 is 4.57 Å². The third kappa shape index (κ3) is 3.28. The second kappa shape index (κ2) is 5.47. The predicted molar refractivity (Wildman–Crippen MR) is 50.3 cm³/mol. The molecular weight excluding hydrogens is 148 g/mol. The highest BCUT2D eigenvalue weighted by Gasteiger charge is 1.94. The maximum Gasteiger partial charge on any atom is 0.168 e. The highest BCUT2D eigenvalue weighted by atomic mass is 14.9. The van der Waals surface area contributed by atoms with Crippen LogP contribution in [0.1, 0.15) is 13.3 Å². The summed E-state index contributed by atoms with van der Waals surface area (Å²) >= 11 is 0. The second-order valence-corrected chi connectivity index (χ2v) is 2.63. The van der Waals surface area contributed by atoms with Crippen LogP contribution in [0.2, 0.25) is 0 Å². The van der Waals surface area contributed by atoms with Crippen molar-refractivity contribution in [3.05, 3.63) is 30.6 Å². The first-order chi connectivity index (χ1) is 5.93. The second-order valence-electron chi connectivity index (χ2n) is 2.63. The molecule has 1 heterocycles. The summed E-state index contributed by atoms with van der Waals surface area (Å²) in [6, 6.07) is 6.12. The number of nitrogens with zero attached hydrogens (tertiary/aromatic N) is 2. The van der Waals surface area contributed by atoms with E-state index in [2.05, 4.69) is 22.0 Å². The van der Waals surface area contributed by atoms with E-state index in [4.69, 9.17) is 0 Å². The van der Waals surface area contributed by atoms with Gasteiger partial charge in [0.2, 0.25) is 0 Å². The third-order valence-electron chi connectivity index (χ3n) is 1.66. The van der Waals surface area contributed by atoms with Gasteiger partial charge in [-0.2, -0.15) is 0 Å². The first-order valence-electron chi connectivity index (χ1n) is 4.32. The minimum absolute atomic E-state index is 0.929. The van der Waals surface area contributed by atoms with E-state index in [0.29, 0.717) is 0 Å². The van der Waals surface area contributed by atoms with Crippen molar-refractivity contribution in [1.29, 1.82) is 0 Å². The summed E-state index contributed by atoms with van der Waals surface area (Å²) in [5, 5.41) is 0. The van der Waals surface area contributed by atoms with Gasteiger partial charge in [0.25, 0.3) is 0 Å². The fourth-order valence-electron chi connectivity index (χ4n) is 1.06. The smallest absolute Gasteiger partial charge is 0.168 e. The molecule has 0 atom stereocenters. The maximum atomic E-state index is 4.15. The van der Waals surface area contributed by atoms with Crippen molar-refractivity contribution in [2.45, 2.75) is 19.9 Å². The maximum absolute atomic E-state index is 4.15. The van der Waals surface area contributed by atoms with Crippen LogP contribution in [0.4, 0.5) is 0 Å². The number of hydrogen-bond acceptors (Lipinski definition) is 1. The average Bonchev–Trinajstić information content (AvgIpc) is 2.14. The molecule has 1 aromatic heterocycles. The van der Waals surface area contributed by atoms with E-state index in [-0.39, 0.29) is 0 Å². The Morgan fingerprint density at radius 1 is 1.25 bits per heavy atom. The largest absolute Gasteiger partial charge is 0.298 e. The van der Waals surface area contributed by atoms with Crippen LogP contribution in [-0.2, 0) is 6.54 Å². The molecule has 0 bridgehead atoms. The van der Waals surface area contributed by atoms with E-state index < -0.39 is 0 Å². The van der Waals surface area contributed by atoms with Gasteiger partial charge in [-0.25, -0.2) is 4.57 Å². The molecule has 0 spiro atoms. The van der Waals surface area contributed by atoms with Crippen molar-refractivity contribution in [3.8, 4) is 0 Å². The number of rotatable bonds is 4. The molecular formula is C10H15N2+. The van der Waals surface area contributed by atoms with E-state index in [9.17, 15) is 0 Å². The van der Waals surface area contributed by atoms with Crippen molar-refractivity contribution in [2.24, 2.45) is 4.99 Å². The lowest BCUT2D eigenvalue weighted by Crippen LogP contribution is -2.32. The Labute approximate surface area is 73.6 Å². The van der Waals surface area contributed by atoms with Crippen LogP contribution in [0, 0.1) is 0 Å². The summed E-state index contributed by atoms with van der Waals surface area (Å²) in [7, 11) is 0. The highest BCUT2D eigenvalue weighted by molar-refractivity contribution is 5.53. The number of aryl methyl sites for hydroxylation is 1. The summed E-state index contributed by atoms with van der Waals surface area (Å²) in [5.41, 5.74) is 0. The van der Waals surface area contributed by atoms with Gasteiger partial charge in [0.1, 0.15) is 6.54 Å². The van der Waals surface area contributed by atoms with Crippen LogP contribution >= 0.6 is 0 Å². The van der Waals surface area contributed by atoms with Gasteiger partial charge in [-0.3, -0.25) is 4.99 Å². The van der Waals surface area contributed by atoms with Crippen LogP contribution in [0.25, 0.3) is 0 Å². The monoisotopic (exact) mass is 163 g/mol. The zero-order valence-corrected chi connectivity index (χ0v) is 7.48. The summed E-state index contributed by atoms with van der Waals surface area (Å²) in [6.07, 6.45) is 7.12. The van der Waals surface area contributed by atoms with Gasteiger partial charge < -0.3 is 0 Å². The number of pyridine rings is 1. The molecule has 0 aliphatic carbocycles. The third-order valence-corrected chi connectivity index (χ3v) is 1.66. The molecule has 0 saturated heterocycles. The molecule has 2 heteroatoms. The quantitative estimate of drug-likeness (QED) is 0.363. The normalized spacial score (nSPS) is 10.8. The van der Waals surface area contributed by atoms with Crippen LogP contribution in [-0.4, -0.2) is 12.8 Å². The van der Waals surface area contributed by atoms with Gasteiger partial charge in [0.05, 0.1) is 0 Å². The summed E-state index contributed by atoms with van der Waals surface area (Å²) in [4.78, 5) is 4.15. The lowest BCUT2D eigenvalue weighted by atomic mass is 10.4. The number of hydrogen-bond donors (Lipinski definition) is 0. The zero-order valence-electron chi connectivity index (χ0n) is 7.48. The molecule has 0 aliphatic rings. The van der Waals surface area contributed by atoms with Crippen molar-refractivity contribution in [1.82, 2.24) is 0 Å². The van der Waals surface area contributed by atoms with E-state index in [1.807, 2.05) is 31.3 Å². The molecule has 0 N–H and O–H groups in total. The Bertz CT molecular complexity index is 229. The van der Waals surface area contributed by atoms with Gasteiger partial charge >= 0.3 is 0 Å². The Kier molecular flexibility index (Phi) is 4.06. The minimum atomic E-state index is 0.929. The molecule has 0 saturated carbocycles. The molecule has 0 unspecified atom stereocenters. The number of aliphatic imine (C=N–C) groups is 1. The topological polar surface area (TPSA) is 16.2 Å². The molecule has 0 aliphatic heterocycles. The molecule has 0 fully saturated rings. The number of aromatic nitrogens is 1. The summed E-state index contributed by atoms with van der Waals surface area (Å²) < 4.78 is 2.17. The Morgan fingerprint density at radius 3 is 2.67 bits per heavy atom. The van der Waals surface area contributed by atoms with E-state index in [0.717, 1.165) is 19.5 Å². The van der Waals surface area contributed by atoms with E-state index >= 15 is 0 Å².